The fraction of sp³-hybridized carbons (Fsp3) is 0.500. The molecule has 0 aromatic carbocycles. The summed E-state index contributed by atoms with van der Waals surface area (Å²) >= 11 is 1.57. The highest BCUT2D eigenvalue weighted by atomic mass is 32.2. The van der Waals surface area contributed by atoms with E-state index in [1.807, 2.05) is 25.4 Å². The Morgan fingerprint density at radius 3 is 2.70 bits per heavy atom. The Bertz CT molecular complexity index is 646. The van der Waals surface area contributed by atoms with Crippen molar-refractivity contribution in [1.29, 1.82) is 0 Å². The molecule has 0 bridgehead atoms. The van der Waals surface area contributed by atoms with Gasteiger partial charge in [0.2, 0.25) is 5.88 Å². The second kappa shape index (κ2) is 7.59. The van der Waals surface area contributed by atoms with E-state index in [2.05, 4.69) is 24.8 Å². The van der Waals surface area contributed by atoms with Gasteiger partial charge in [0.15, 0.2) is 5.16 Å². The highest BCUT2D eigenvalue weighted by Gasteiger charge is 2.21. The molecule has 7 heteroatoms. The van der Waals surface area contributed by atoms with Crippen LogP contribution in [0.25, 0.3) is 0 Å². The molecule has 0 N–H and O–H groups in total. The van der Waals surface area contributed by atoms with Gasteiger partial charge in [-0.3, -0.25) is 4.98 Å². The second-order valence-corrected chi connectivity index (χ2v) is 6.36. The number of aromatic nitrogens is 4. The SMILES string of the molecule is CSc1nccc(N2CCC(COc3nccnc3C)CC2)n1. The Labute approximate surface area is 140 Å². The molecule has 0 atom stereocenters. The first-order valence-electron chi connectivity index (χ1n) is 7.78. The molecule has 0 radical (unpaired) electrons. The van der Waals surface area contributed by atoms with Gasteiger partial charge in [-0.1, -0.05) is 11.8 Å². The van der Waals surface area contributed by atoms with Crippen molar-refractivity contribution in [2.75, 3.05) is 30.9 Å². The van der Waals surface area contributed by atoms with Gasteiger partial charge >= 0.3 is 0 Å². The van der Waals surface area contributed by atoms with E-state index >= 15 is 0 Å². The van der Waals surface area contributed by atoms with Gasteiger partial charge in [0, 0.05) is 31.7 Å². The minimum absolute atomic E-state index is 0.550. The van der Waals surface area contributed by atoms with E-state index in [-0.39, 0.29) is 0 Å². The number of thioether (sulfide) groups is 1. The quantitative estimate of drug-likeness (QED) is 0.616. The second-order valence-electron chi connectivity index (χ2n) is 5.59. The predicted octanol–water partition coefficient (Wildman–Crippen LogP) is 2.59. The Balaban J connectivity index is 1.51. The van der Waals surface area contributed by atoms with E-state index in [0.29, 0.717) is 18.4 Å². The van der Waals surface area contributed by atoms with Gasteiger partial charge in [0.25, 0.3) is 0 Å². The Morgan fingerprint density at radius 2 is 1.96 bits per heavy atom. The van der Waals surface area contributed by atoms with Crippen molar-refractivity contribution in [2.45, 2.75) is 24.9 Å². The summed E-state index contributed by atoms with van der Waals surface area (Å²) in [7, 11) is 0. The summed E-state index contributed by atoms with van der Waals surface area (Å²) in [5.74, 6) is 2.22. The maximum atomic E-state index is 5.83. The molecule has 0 spiro atoms. The first kappa shape index (κ1) is 16.0. The number of aryl methyl sites for hydroxylation is 1. The van der Waals surface area contributed by atoms with Crippen LogP contribution in [0.2, 0.25) is 0 Å². The molecule has 122 valence electrons. The molecular weight excluding hydrogens is 310 g/mol. The largest absolute Gasteiger partial charge is 0.476 e. The smallest absolute Gasteiger partial charge is 0.235 e. The molecule has 23 heavy (non-hydrogen) atoms. The molecule has 2 aromatic heterocycles. The lowest BCUT2D eigenvalue weighted by molar-refractivity contribution is 0.214. The molecule has 1 saturated heterocycles. The maximum Gasteiger partial charge on any atom is 0.235 e. The van der Waals surface area contributed by atoms with E-state index in [1.54, 1.807) is 24.2 Å². The summed E-state index contributed by atoms with van der Waals surface area (Å²) in [6.45, 7) is 4.62. The van der Waals surface area contributed by atoms with Crippen LogP contribution in [0.4, 0.5) is 5.82 Å². The molecule has 3 rings (SSSR count). The number of hydrogen-bond donors (Lipinski definition) is 0. The van der Waals surface area contributed by atoms with Crippen molar-refractivity contribution < 1.29 is 4.74 Å². The summed E-state index contributed by atoms with van der Waals surface area (Å²) in [6, 6.07) is 1.99. The minimum Gasteiger partial charge on any atom is -0.476 e. The molecular formula is C16H21N5OS. The lowest BCUT2D eigenvalue weighted by Gasteiger charge is -2.32. The van der Waals surface area contributed by atoms with Crippen molar-refractivity contribution in [3.05, 3.63) is 30.4 Å². The third-order valence-corrected chi connectivity index (χ3v) is 4.59. The molecule has 6 nitrogen and oxygen atoms in total. The topological polar surface area (TPSA) is 64.0 Å². The van der Waals surface area contributed by atoms with Crippen molar-refractivity contribution >= 4 is 17.6 Å². The van der Waals surface area contributed by atoms with Crippen molar-refractivity contribution in [2.24, 2.45) is 5.92 Å². The van der Waals surface area contributed by atoms with Crippen molar-refractivity contribution in [3.8, 4) is 5.88 Å². The van der Waals surface area contributed by atoms with E-state index < -0.39 is 0 Å². The van der Waals surface area contributed by atoms with E-state index in [0.717, 1.165) is 42.6 Å². The van der Waals surface area contributed by atoms with E-state index in [9.17, 15) is 0 Å². The summed E-state index contributed by atoms with van der Waals surface area (Å²) < 4.78 is 5.83. The molecule has 1 aliphatic heterocycles. The normalized spacial score (nSPS) is 15.7. The molecule has 1 fully saturated rings. The number of rotatable bonds is 5. The Hall–Kier alpha value is -1.89. The molecule has 0 unspecified atom stereocenters. The summed E-state index contributed by atoms with van der Waals surface area (Å²) in [6.07, 6.45) is 9.38. The lowest BCUT2D eigenvalue weighted by atomic mass is 9.98. The van der Waals surface area contributed by atoms with Gasteiger partial charge in [-0.2, -0.15) is 0 Å². The van der Waals surface area contributed by atoms with Gasteiger partial charge < -0.3 is 9.64 Å². The maximum absolute atomic E-state index is 5.83. The molecule has 2 aromatic rings. The molecule has 1 aliphatic rings. The Kier molecular flexibility index (Phi) is 5.27. The van der Waals surface area contributed by atoms with Crippen LogP contribution in [0.5, 0.6) is 5.88 Å². The minimum atomic E-state index is 0.550. The van der Waals surface area contributed by atoms with Crippen molar-refractivity contribution in [3.63, 3.8) is 0 Å². The van der Waals surface area contributed by atoms with Crippen LogP contribution in [0.1, 0.15) is 18.5 Å². The first-order chi connectivity index (χ1) is 11.3. The van der Waals surface area contributed by atoms with Crippen LogP contribution < -0.4 is 9.64 Å². The molecule has 3 heterocycles. The van der Waals surface area contributed by atoms with Crippen LogP contribution in [-0.2, 0) is 0 Å². The average molecular weight is 331 g/mol. The summed E-state index contributed by atoms with van der Waals surface area (Å²) in [4.78, 5) is 19.6. The van der Waals surface area contributed by atoms with Crippen LogP contribution in [0, 0.1) is 12.8 Å². The average Bonchev–Trinajstić information content (AvgIpc) is 2.61. The molecule has 0 saturated carbocycles. The van der Waals surface area contributed by atoms with Crippen LogP contribution in [0.15, 0.2) is 29.8 Å². The third-order valence-electron chi connectivity index (χ3n) is 4.03. The summed E-state index contributed by atoms with van der Waals surface area (Å²) in [5.41, 5.74) is 0.843. The number of piperidine rings is 1. The number of ether oxygens (including phenoxy) is 1. The number of hydrogen-bond acceptors (Lipinski definition) is 7. The standard InChI is InChI=1S/C16H21N5OS/c1-12-15(18-8-7-17-12)22-11-13-4-9-21(10-5-13)14-3-6-19-16(20-14)23-2/h3,6-8,13H,4-5,9-11H2,1-2H3. The molecule has 0 aliphatic carbocycles. The van der Waals surface area contributed by atoms with Gasteiger partial charge in [-0.15, -0.1) is 0 Å². The first-order valence-corrected chi connectivity index (χ1v) is 9.01. The van der Waals surface area contributed by atoms with Gasteiger partial charge in [0.1, 0.15) is 5.82 Å². The highest BCUT2D eigenvalue weighted by Crippen LogP contribution is 2.23. The highest BCUT2D eigenvalue weighted by molar-refractivity contribution is 7.98. The van der Waals surface area contributed by atoms with Crippen LogP contribution >= 0.6 is 11.8 Å². The monoisotopic (exact) mass is 331 g/mol. The number of nitrogens with zero attached hydrogens (tertiary/aromatic N) is 5. The molecule has 0 amide bonds. The zero-order valence-electron chi connectivity index (χ0n) is 13.5. The predicted molar refractivity (Wildman–Crippen MR) is 91.0 cm³/mol. The van der Waals surface area contributed by atoms with Gasteiger partial charge in [-0.25, -0.2) is 15.0 Å². The number of anilines is 1. The van der Waals surface area contributed by atoms with Crippen LogP contribution in [0.3, 0.4) is 0 Å². The Morgan fingerprint density at radius 1 is 1.17 bits per heavy atom. The van der Waals surface area contributed by atoms with E-state index in [1.165, 1.54) is 0 Å². The zero-order chi connectivity index (χ0) is 16.1. The van der Waals surface area contributed by atoms with Crippen molar-refractivity contribution in [1.82, 2.24) is 19.9 Å². The fourth-order valence-corrected chi connectivity index (χ4v) is 3.02. The zero-order valence-corrected chi connectivity index (χ0v) is 14.3. The fourth-order valence-electron chi connectivity index (χ4n) is 2.67. The van der Waals surface area contributed by atoms with Crippen LogP contribution in [-0.4, -0.2) is 45.9 Å². The third kappa shape index (κ3) is 4.10. The summed E-state index contributed by atoms with van der Waals surface area (Å²) in [5, 5.41) is 0.825. The van der Waals surface area contributed by atoms with E-state index in [4.69, 9.17) is 4.74 Å². The van der Waals surface area contributed by atoms with Gasteiger partial charge in [-0.05, 0) is 38.0 Å². The lowest BCUT2D eigenvalue weighted by Crippen LogP contribution is -2.36. The van der Waals surface area contributed by atoms with Gasteiger partial charge in [0.05, 0.1) is 12.3 Å².